The predicted molar refractivity (Wildman–Crippen MR) is 91.5 cm³/mol. The molecule has 0 saturated carbocycles. The number of benzene rings is 2. The minimum Gasteiger partial charge on any atom is -0.508 e. The van der Waals surface area contributed by atoms with Crippen LogP contribution in [-0.2, 0) is 4.79 Å². The highest BCUT2D eigenvalue weighted by atomic mass is 16.5. The average Bonchev–Trinajstić information content (AvgIpc) is 2.53. The van der Waals surface area contributed by atoms with E-state index in [1.807, 2.05) is 26.0 Å². The van der Waals surface area contributed by atoms with Gasteiger partial charge in [0, 0.05) is 11.6 Å². The van der Waals surface area contributed by atoms with Gasteiger partial charge in [0.15, 0.2) is 6.61 Å². The second-order valence-electron chi connectivity index (χ2n) is 5.47. The second-order valence-corrected chi connectivity index (χ2v) is 5.47. The fourth-order valence-electron chi connectivity index (χ4n) is 2.02. The van der Waals surface area contributed by atoms with Crippen molar-refractivity contribution >= 4 is 11.6 Å². The Morgan fingerprint density at radius 1 is 1.12 bits per heavy atom. The van der Waals surface area contributed by atoms with E-state index in [4.69, 9.17) is 4.74 Å². The van der Waals surface area contributed by atoms with Crippen LogP contribution in [-0.4, -0.2) is 28.4 Å². The number of aromatic hydroxyl groups is 2. The number of aryl methyl sites for hydroxylation is 2. The number of phenolic OH excluding ortho intramolecular Hbond substituents is 2. The Morgan fingerprint density at radius 2 is 1.88 bits per heavy atom. The van der Waals surface area contributed by atoms with Crippen LogP contribution in [0, 0.1) is 13.8 Å². The molecule has 0 spiro atoms. The molecule has 24 heavy (non-hydrogen) atoms. The van der Waals surface area contributed by atoms with Crippen molar-refractivity contribution in [1.82, 2.24) is 5.43 Å². The number of carbonyl (C=O) groups excluding carboxylic acids is 1. The van der Waals surface area contributed by atoms with Crippen LogP contribution >= 0.6 is 0 Å². The number of nitrogens with zero attached hydrogens (tertiary/aromatic N) is 1. The largest absolute Gasteiger partial charge is 0.508 e. The molecule has 0 aliphatic carbocycles. The topological polar surface area (TPSA) is 91.2 Å². The highest BCUT2D eigenvalue weighted by molar-refractivity contribution is 6.01. The first-order valence-electron chi connectivity index (χ1n) is 7.42. The van der Waals surface area contributed by atoms with E-state index in [1.165, 1.54) is 18.2 Å². The number of hydrazone groups is 1. The monoisotopic (exact) mass is 328 g/mol. The zero-order chi connectivity index (χ0) is 17.7. The first-order chi connectivity index (χ1) is 11.4. The van der Waals surface area contributed by atoms with E-state index >= 15 is 0 Å². The Bertz CT molecular complexity index is 785. The Balaban J connectivity index is 1.93. The minimum atomic E-state index is -0.411. The van der Waals surface area contributed by atoms with Crippen LogP contribution in [0.4, 0.5) is 0 Å². The number of hydrogen-bond donors (Lipinski definition) is 3. The molecule has 0 aliphatic heterocycles. The number of hydrogen-bond acceptors (Lipinski definition) is 5. The van der Waals surface area contributed by atoms with Gasteiger partial charge in [-0.15, -0.1) is 0 Å². The fraction of sp³-hybridized carbons (Fsp3) is 0.222. The fourth-order valence-corrected chi connectivity index (χ4v) is 2.02. The van der Waals surface area contributed by atoms with Crippen molar-refractivity contribution < 1.29 is 19.7 Å². The molecule has 1 amide bonds. The zero-order valence-corrected chi connectivity index (χ0v) is 13.8. The van der Waals surface area contributed by atoms with Gasteiger partial charge in [-0.25, -0.2) is 5.43 Å². The van der Waals surface area contributed by atoms with Gasteiger partial charge in [-0.2, -0.15) is 5.10 Å². The van der Waals surface area contributed by atoms with E-state index in [9.17, 15) is 15.0 Å². The Kier molecular flexibility index (Phi) is 5.42. The summed E-state index contributed by atoms with van der Waals surface area (Å²) in [6.07, 6.45) is 0. The summed E-state index contributed by atoms with van der Waals surface area (Å²) in [7, 11) is 0. The van der Waals surface area contributed by atoms with E-state index in [0.29, 0.717) is 17.0 Å². The molecule has 0 atom stereocenters. The maximum atomic E-state index is 11.8. The molecule has 3 N–H and O–H groups in total. The third-order valence-corrected chi connectivity index (χ3v) is 3.57. The van der Waals surface area contributed by atoms with Crippen molar-refractivity contribution in [2.45, 2.75) is 20.8 Å². The first kappa shape index (κ1) is 17.3. The third kappa shape index (κ3) is 4.49. The van der Waals surface area contributed by atoms with Gasteiger partial charge in [0.05, 0.1) is 5.71 Å². The molecular weight excluding hydrogens is 308 g/mol. The first-order valence-corrected chi connectivity index (χ1v) is 7.42. The van der Waals surface area contributed by atoms with Crippen LogP contribution in [0.15, 0.2) is 41.5 Å². The molecule has 0 heterocycles. The molecule has 6 nitrogen and oxygen atoms in total. The summed E-state index contributed by atoms with van der Waals surface area (Å²) in [6, 6.07) is 9.75. The van der Waals surface area contributed by atoms with Crippen LogP contribution in [0.2, 0.25) is 0 Å². The van der Waals surface area contributed by atoms with Gasteiger partial charge in [-0.3, -0.25) is 4.79 Å². The Morgan fingerprint density at radius 3 is 2.54 bits per heavy atom. The van der Waals surface area contributed by atoms with Crippen LogP contribution in [0.25, 0.3) is 0 Å². The van der Waals surface area contributed by atoms with E-state index in [-0.39, 0.29) is 18.1 Å². The summed E-state index contributed by atoms with van der Waals surface area (Å²) < 4.78 is 5.42. The zero-order valence-electron chi connectivity index (χ0n) is 13.8. The summed E-state index contributed by atoms with van der Waals surface area (Å²) >= 11 is 0. The van der Waals surface area contributed by atoms with Gasteiger partial charge in [0.25, 0.3) is 5.91 Å². The smallest absolute Gasteiger partial charge is 0.277 e. The molecule has 0 saturated heterocycles. The van der Waals surface area contributed by atoms with E-state index in [1.54, 1.807) is 13.0 Å². The summed E-state index contributed by atoms with van der Waals surface area (Å²) in [4.78, 5) is 11.8. The van der Waals surface area contributed by atoms with E-state index in [2.05, 4.69) is 10.5 Å². The van der Waals surface area contributed by atoms with Gasteiger partial charge >= 0.3 is 0 Å². The van der Waals surface area contributed by atoms with Crippen LogP contribution in [0.3, 0.4) is 0 Å². The van der Waals surface area contributed by atoms with Gasteiger partial charge in [-0.1, -0.05) is 6.07 Å². The lowest BCUT2D eigenvalue weighted by atomic mass is 10.1. The van der Waals surface area contributed by atoms with Gasteiger partial charge in [0.1, 0.15) is 17.2 Å². The normalized spacial score (nSPS) is 11.2. The second kappa shape index (κ2) is 7.50. The summed E-state index contributed by atoms with van der Waals surface area (Å²) in [6.45, 7) is 5.44. The van der Waals surface area contributed by atoms with E-state index < -0.39 is 5.91 Å². The van der Waals surface area contributed by atoms with Crippen molar-refractivity contribution in [1.29, 1.82) is 0 Å². The summed E-state index contributed by atoms with van der Waals surface area (Å²) in [5, 5.41) is 22.9. The van der Waals surface area contributed by atoms with Crippen molar-refractivity contribution in [2.24, 2.45) is 5.10 Å². The Hall–Kier alpha value is -3.02. The molecule has 126 valence electrons. The molecular formula is C18H20N2O4. The van der Waals surface area contributed by atoms with Crippen LogP contribution in [0.1, 0.15) is 23.6 Å². The molecule has 0 aromatic heterocycles. The molecule has 0 unspecified atom stereocenters. The van der Waals surface area contributed by atoms with Crippen molar-refractivity contribution in [3.8, 4) is 17.2 Å². The maximum Gasteiger partial charge on any atom is 0.277 e. The SMILES string of the molecule is C/C(=N\NC(=O)COc1ccc(C)c(C)c1)c1ccc(O)cc1O. The van der Waals surface area contributed by atoms with Crippen molar-refractivity contribution in [3.63, 3.8) is 0 Å². The molecule has 6 heteroatoms. The molecule has 0 fully saturated rings. The number of phenols is 2. The van der Waals surface area contributed by atoms with Crippen molar-refractivity contribution in [3.05, 3.63) is 53.1 Å². The lowest BCUT2D eigenvalue weighted by molar-refractivity contribution is -0.123. The predicted octanol–water partition coefficient (Wildman–Crippen LogP) is 2.63. The number of ether oxygens (including phenoxy) is 1. The molecule has 0 bridgehead atoms. The molecule has 0 aliphatic rings. The van der Waals surface area contributed by atoms with Crippen LogP contribution in [0.5, 0.6) is 17.2 Å². The van der Waals surface area contributed by atoms with Gasteiger partial charge < -0.3 is 14.9 Å². The minimum absolute atomic E-state index is 0.0464. The molecule has 2 aromatic carbocycles. The highest BCUT2D eigenvalue weighted by Crippen LogP contribution is 2.23. The summed E-state index contributed by atoms with van der Waals surface area (Å²) in [5.74, 6) is 0.0442. The number of carbonyl (C=O) groups is 1. The van der Waals surface area contributed by atoms with Crippen LogP contribution < -0.4 is 10.2 Å². The van der Waals surface area contributed by atoms with E-state index in [0.717, 1.165) is 11.1 Å². The number of amides is 1. The molecule has 2 rings (SSSR count). The van der Waals surface area contributed by atoms with Gasteiger partial charge in [-0.05, 0) is 56.2 Å². The number of rotatable bonds is 5. The Labute approximate surface area is 140 Å². The standard InChI is InChI=1S/C18H20N2O4/c1-11-4-6-15(8-12(11)2)24-10-18(23)20-19-13(3)16-7-5-14(21)9-17(16)22/h4-9,21-22H,10H2,1-3H3,(H,20,23)/b19-13+. The molecule has 0 radical (unpaired) electrons. The quantitative estimate of drug-likeness (QED) is 0.581. The van der Waals surface area contributed by atoms with Crippen molar-refractivity contribution in [2.75, 3.05) is 6.61 Å². The number of nitrogens with one attached hydrogen (secondary N) is 1. The lowest BCUT2D eigenvalue weighted by Gasteiger charge is -2.08. The maximum absolute atomic E-state index is 11.8. The highest BCUT2D eigenvalue weighted by Gasteiger charge is 2.07. The molecule has 2 aromatic rings. The third-order valence-electron chi connectivity index (χ3n) is 3.57. The lowest BCUT2D eigenvalue weighted by Crippen LogP contribution is -2.25. The average molecular weight is 328 g/mol. The van der Waals surface area contributed by atoms with Gasteiger partial charge in [0.2, 0.25) is 0 Å². The summed E-state index contributed by atoms with van der Waals surface area (Å²) in [5.41, 5.74) is 5.44.